The maximum absolute atomic E-state index is 11.3. The monoisotopic (exact) mass is 403 g/mol. The van der Waals surface area contributed by atoms with Gasteiger partial charge in [-0.25, -0.2) is 4.98 Å². The van der Waals surface area contributed by atoms with Crippen LogP contribution in [0.3, 0.4) is 0 Å². The van der Waals surface area contributed by atoms with Gasteiger partial charge in [-0.05, 0) is 24.1 Å². The first-order valence-electron chi connectivity index (χ1n) is 9.33. The Labute approximate surface area is 173 Å². The van der Waals surface area contributed by atoms with Gasteiger partial charge in [0, 0.05) is 17.2 Å². The van der Waals surface area contributed by atoms with Crippen molar-refractivity contribution in [1.82, 2.24) is 9.99 Å². The summed E-state index contributed by atoms with van der Waals surface area (Å²) < 4.78 is 0. The Kier molecular flexibility index (Phi) is 5.27. The lowest BCUT2D eigenvalue weighted by Gasteiger charge is -2.18. The highest BCUT2D eigenvalue weighted by Crippen LogP contribution is 2.27. The number of carboxylic acid groups (broad SMARTS) is 1. The largest absolute Gasteiger partial charge is 0.481 e. The Morgan fingerprint density at radius 1 is 1.17 bits per heavy atom. The van der Waals surface area contributed by atoms with Gasteiger partial charge in [-0.3, -0.25) is 9.80 Å². The zero-order chi connectivity index (χ0) is 20.3. The summed E-state index contributed by atoms with van der Waals surface area (Å²) in [5.74, 6) is -0.857. The van der Waals surface area contributed by atoms with Crippen LogP contribution in [0.2, 0.25) is 0 Å². The Balaban J connectivity index is 1.45. The minimum absolute atomic E-state index is 0.358. The molecular formula is C23H21N3O2S. The first-order valence-corrected chi connectivity index (χ1v) is 10.2. The standard InChI is InChI=1S/C23H21N3O2S/c1-23(22(27)28)15-24-26(16-23)13-21-25-20(14-29-21)19-9-5-8-18(12-19)11-10-17-6-3-2-4-7-17/h2-12,14-15H,13,16H2,1H3,(H,27,28)/b11-10+. The van der Waals surface area contributed by atoms with Crippen molar-refractivity contribution in [2.45, 2.75) is 13.5 Å². The number of carboxylic acids is 1. The molecule has 4 rings (SSSR count). The summed E-state index contributed by atoms with van der Waals surface area (Å²) in [6.07, 6.45) is 5.70. The zero-order valence-electron chi connectivity index (χ0n) is 16.0. The molecule has 1 N–H and O–H groups in total. The highest BCUT2D eigenvalue weighted by Gasteiger charge is 2.37. The molecule has 3 aromatic rings. The fourth-order valence-electron chi connectivity index (χ4n) is 3.12. The van der Waals surface area contributed by atoms with E-state index in [9.17, 15) is 9.90 Å². The van der Waals surface area contributed by atoms with Gasteiger partial charge >= 0.3 is 5.97 Å². The van der Waals surface area contributed by atoms with Gasteiger partial charge in [0.2, 0.25) is 0 Å². The fourth-order valence-corrected chi connectivity index (χ4v) is 3.93. The molecule has 2 heterocycles. The van der Waals surface area contributed by atoms with Gasteiger partial charge < -0.3 is 5.11 Å². The average Bonchev–Trinajstić information content (AvgIpc) is 3.35. The van der Waals surface area contributed by atoms with Crippen LogP contribution in [0.25, 0.3) is 23.4 Å². The number of aliphatic carboxylic acids is 1. The Bertz CT molecular complexity index is 1070. The predicted octanol–water partition coefficient (Wildman–Crippen LogP) is 4.87. The molecule has 1 aromatic heterocycles. The van der Waals surface area contributed by atoms with Gasteiger partial charge in [-0.15, -0.1) is 11.3 Å². The van der Waals surface area contributed by atoms with Crippen molar-refractivity contribution in [3.63, 3.8) is 0 Å². The highest BCUT2D eigenvalue weighted by atomic mass is 32.1. The van der Waals surface area contributed by atoms with Crippen LogP contribution in [-0.4, -0.2) is 33.8 Å². The van der Waals surface area contributed by atoms with E-state index in [-0.39, 0.29) is 0 Å². The number of carbonyl (C=O) groups is 1. The minimum atomic E-state index is -0.931. The molecule has 1 aliphatic heterocycles. The third-order valence-electron chi connectivity index (χ3n) is 4.83. The summed E-state index contributed by atoms with van der Waals surface area (Å²) >= 11 is 1.56. The number of thiazole rings is 1. The molecule has 1 atom stereocenters. The molecular weight excluding hydrogens is 382 g/mol. The van der Waals surface area contributed by atoms with Gasteiger partial charge in [-0.1, -0.05) is 60.7 Å². The van der Waals surface area contributed by atoms with E-state index in [4.69, 9.17) is 4.98 Å². The number of aromatic nitrogens is 1. The highest BCUT2D eigenvalue weighted by molar-refractivity contribution is 7.09. The van der Waals surface area contributed by atoms with Crippen LogP contribution in [0.5, 0.6) is 0 Å². The van der Waals surface area contributed by atoms with Crippen molar-refractivity contribution in [3.8, 4) is 11.3 Å². The van der Waals surface area contributed by atoms with Crippen molar-refractivity contribution in [2.75, 3.05) is 6.54 Å². The van der Waals surface area contributed by atoms with E-state index in [0.29, 0.717) is 13.1 Å². The summed E-state index contributed by atoms with van der Waals surface area (Å²) in [5, 5.41) is 18.3. The molecule has 146 valence electrons. The van der Waals surface area contributed by atoms with Crippen molar-refractivity contribution < 1.29 is 9.90 Å². The number of hydrogen-bond acceptors (Lipinski definition) is 5. The van der Waals surface area contributed by atoms with E-state index >= 15 is 0 Å². The summed E-state index contributed by atoms with van der Waals surface area (Å²) in [6, 6.07) is 18.5. The molecule has 1 unspecified atom stereocenters. The Morgan fingerprint density at radius 2 is 1.93 bits per heavy atom. The van der Waals surface area contributed by atoms with Gasteiger partial charge in [0.05, 0.1) is 18.8 Å². The average molecular weight is 404 g/mol. The number of hydrogen-bond donors (Lipinski definition) is 1. The lowest BCUT2D eigenvalue weighted by atomic mass is 9.93. The lowest BCUT2D eigenvalue weighted by molar-refractivity contribution is -0.144. The molecule has 0 amide bonds. The molecule has 0 aliphatic carbocycles. The molecule has 1 aliphatic rings. The quantitative estimate of drug-likeness (QED) is 0.596. The summed E-state index contributed by atoms with van der Waals surface area (Å²) in [6.45, 7) is 2.55. The molecule has 6 heteroatoms. The first kappa shape index (κ1) is 19.1. The first-order chi connectivity index (χ1) is 14.0. The predicted molar refractivity (Wildman–Crippen MR) is 118 cm³/mol. The van der Waals surface area contributed by atoms with Crippen LogP contribution in [-0.2, 0) is 11.3 Å². The summed E-state index contributed by atoms with van der Waals surface area (Å²) in [4.78, 5) is 16.1. The van der Waals surface area contributed by atoms with E-state index < -0.39 is 11.4 Å². The summed E-state index contributed by atoms with van der Waals surface area (Å²) in [7, 11) is 0. The number of nitrogens with zero attached hydrogens (tertiary/aromatic N) is 3. The number of rotatable bonds is 6. The Morgan fingerprint density at radius 3 is 2.69 bits per heavy atom. The van der Waals surface area contributed by atoms with Gasteiger partial charge in [0.1, 0.15) is 10.4 Å². The number of benzene rings is 2. The van der Waals surface area contributed by atoms with Gasteiger partial charge in [0.25, 0.3) is 0 Å². The molecule has 0 saturated carbocycles. The van der Waals surface area contributed by atoms with Crippen molar-refractivity contribution in [2.24, 2.45) is 10.5 Å². The topological polar surface area (TPSA) is 65.8 Å². The van der Waals surface area contributed by atoms with E-state index in [1.807, 2.05) is 35.7 Å². The van der Waals surface area contributed by atoms with Crippen molar-refractivity contribution in [3.05, 3.63) is 76.1 Å². The molecule has 5 nitrogen and oxygen atoms in total. The van der Waals surface area contributed by atoms with Gasteiger partial charge in [-0.2, -0.15) is 5.10 Å². The van der Waals surface area contributed by atoms with Crippen LogP contribution >= 0.6 is 11.3 Å². The van der Waals surface area contributed by atoms with Crippen LogP contribution in [0, 0.1) is 5.41 Å². The molecule has 0 radical (unpaired) electrons. The maximum atomic E-state index is 11.3. The molecule has 29 heavy (non-hydrogen) atoms. The molecule has 0 saturated heterocycles. The Hall–Kier alpha value is -3.25. The third-order valence-corrected chi connectivity index (χ3v) is 5.66. The number of hydrazone groups is 1. The van der Waals surface area contributed by atoms with E-state index in [2.05, 4.69) is 41.5 Å². The van der Waals surface area contributed by atoms with Crippen molar-refractivity contribution in [1.29, 1.82) is 0 Å². The van der Waals surface area contributed by atoms with Crippen molar-refractivity contribution >= 4 is 35.7 Å². The molecule has 0 spiro atoms. The second-order valence-corrected chi connectivity index (χ2v) is 8.23. The normalized spacial score (nSPS) is 18.6. The summed E-state index contributed by atoms with van der Waals surface area (Å²) in [5.41, 5.74) is 3.32. The second kappa shape index (κ2) is 8.01. The smallest absolute Gasteiger partial charge is 0.316 e. The molecule has 2 aromatic carbocycles. The SMILES string of the molecule is CC1(C(=O)O)C=NN(Cc2nc(-c3cccc(/C=C/c4ccccc4)c3)cs2)C1. The fraction of sp³-hybridized carbons (Fsp3) is 0.174. The van der Waals surface area contributed by atoms with Gasteiger partial charge in [0.15, 0.2) is 0 Å². The molecule has 0 bridgehead atoms. The van der Waals surface area contributed by atoms with E-state index in [0.717, 1.165) is 27.4 Å². The molecule has 0 fully saturated rings. The van der Waals surface area contributed by atoms with E-state index in [1.54, 1.807) is 23.3 Å². The zero-order valence-corrected chi connectivity index (χ0v) is 16.8. The van der Waals surface area contributed by atoms with Crippen LogP contribution in [0.15, 0.2) is 65.1 Å². The van der Waals surface area contributed by atoms with Crippen LogP contribution < -0.4 is 0 Å². The third kappa shape index (κ3) is 4.43. The minimum Gasteiger partial charge on any atom is -0.481 e. The lowest BCUT2D eigenvalue weighted by Crippen LogP contribution is -2.34. The van der Waals surface area contributed by atoms with E-state index in [1.165, 1.54) is 6.21 Å². The van der Waals surface area contributed by atoms with Crippen LogP contribution in [0.4, 0.5) is 0 Å². The second-order valence-electron chi connectivity index (χ2n) is 7.29. The van der Waals surface area contributed by atoms with Crippen LogP contribution in [0.1, 0.15) is 23.1 Å². The maximum Gasteiger partial charge on any atom is 0.316 e.